The number of hydrogen-bond donors (Lipinski definition) is 0. The summed E-state index contributed by atoms with van der Waals surface area (Å²) in [6.07, 6.45) is 8.99. The van der Waals surface area contributed by atoms with Crippen LogP contribution in [0.25, 0.3) is 60.5 Å². The molecule has 2 aliphatic heterocycles. The van der Waals surface area contributed by atoms with E-state index in [2.05, 4.69) is 121 Å². The molecule has 0 saturated carbocycles. The molecule has 6 aromatic rings. The molecule has 9 rings (SSSR count). The zero-order valence-electron chi connectivity index (χ0n) is 21.8. The van der Waals surface area contributed by atoms with Gasteiger partial charge in [0.05, 0.1) is 0 Å². The second kappa shape index (κ2) is 8.76. The van der Waals surface area contributed by atoms with E-state index in [0.717, 1.165) is 12.8 Å². The first-order chi connectivity index (χ1) is 19.8. The molecule has 0 amide bonds. The van der Waals surface area contributed by atoms with Gasteiger partial charge in [-0.25, -0.2) is 0 Å². The van der Waals surface area contributed by atoms with Crippen LogP contribution in [0.3, 0.4) is 0 Å². The number of fused-ring (bicyclic) bond motifs is 5. The zero-order chi connectivity index (χ0) is 26.2. The van der Waals surface area contributed by atoms with Crippen molar-refractivity contribution in [3.8, 4) is 33.4 Å². The van der Waals surface area contributed by atoms with Crippen molar-refractivity contribution >= 4 is 50.6 Å². The molecule has 0 saturated heterocycles. The fraction of sp³-hybridized carbons (Fsp3) is 0.0526. The molecule has 0 bridgehead atoms. The summed E-state index contributed by atoms with van der Waals surface area (Å²) >= 11 is 3.85. The number of benzene rings is 6. The average molecular weight is 545 g/mol. The van der Waals surface area contributed by atoms with Gasteiger partial charge in [-0.1, -0.05) is 115 Å². The Morgan fingerprint density at radius 2 is 1.07 bits per heavy atom. The van der Waals surface area contributed by atoms with Crippen molar-refractivity contribution in [2.24, 2.45) is 0 Å². The number of hydrogen-bond acceptors (Lipinski definition) is 2. The Labute approximate surface area is 242 Å². The van der Waals surface area contributed by atoms with Gasteiger partial charge in [0.2, 0.25) is 0 Å². The van der Waals surface area contributed by atoms with Crippen LogP contribution in [-0.4, -0.2) is 0 Å². The highest BCUT2D eigenvalue weighted by Crippen LogP contribution is 2.56. The van der Waals surface area contributed by atoms with Crippen molar-refractivity contribution in [3.05, 3.63) is 127 Å². The highest BCUT2D eigenvalue weighted by molar-refractivity contribution is 8.00. The lowest BCUT2D eigenvalue weighted by molar-refractivity contribution is 1.05. The third-order valence-electron chi connectivity index (χ3n) is 8.54. The summed E-state index contributed by atoms with van der Waals surface area (Å²) in [5, 5.41) is 5.39. The van der Waals surface area contributed by atoms with Gasteiger partial charge >= 0.3 is 0 Å². The molecule has 0 unspecified atom stereocenters. The van der Waals surface area contributed by atoms with Crippen molar-refractivity contribution < 1.29 is 0 Å². The Kier molecular flexibility index (Phi) is 4.99. The molecular formula is C38H24S2. The Hall–Kier alpha value is -3.98. The summed E-state index contributed by atoms with van der Waals surface area (Å²) in [5.74, 6) is 0. The van der Waals surface area contributed by atoms with E-state index in [1.54, 1.807) is 0 Å². The van der Waals surface area contributed by atoms with Crippen LogP contribution in [0.2, 0.25) is 0 Å². The zero-order valence-corrected chi connectivity index (χ0v) is 23.4. The molecule has 0 nitrogen and oxygen atoms in total. The van der Waals surface area contributed by atoms with Crippen LogP contribution >= 0.6 is 23.5 Å². The van der Waals surface area contributed by atoms with Crippen molar-refractivity contribution in [2.75, 3.05) is 0 Å². The van der Waals surface area contributed by atoms with E-state index in [1.165, 1.54) is 85.6 Å². The minimum Gasteiger partial charge on any atom is -0.0887 e. The average Bonchev–Trinajstić information content (AvgIpc) is 3.02. The molecule has 0 radical (unpaired) electrons. The maximum absolute atomic E-state index is 2.41. The van der Waals surface area contributed by atoms with E-state index in [1.807, 2.05) is 23.5 Å². The minimum absolute atomic E-state index is 1.12. The third-order valence-corrected chi connectivity index (χ3v) is 10.8. The van der Waals surface area contributed by atoms with Crippen LogP contribution in [0.5, 0.6) is 0 Å². The predicted molar refractivity (Wildman–Crippen MR) is 172 cm³/mol. The molecule has 2 heterocycles. The second-order valence-corrected chi connectivity index (χ2v) is 13.0. The van der Waals surface area contributed by atoms with Crippen molar-refractivity contribution in [1.29, 1.82) is 0 Å². The van der Waals surface area contributed by atoms with Crippen molar-refractivity contribution in [3.63, 3.8) is 0 Å². The van der Waals surface area contributed by atoms with Gasteiger partial charge in [-0.3, -0.25) is 0 Å². The lowest BCUT2D eigenvalue weighted by atomic mass is 9.89. The van der Waals surface area contributed by atoms with Crippen LogP contribution in [0, 0.1) is 0 Å². The van der Waals surface area contributed by atoms with Crippen LogP contribution in [0.4, 0.5) is 0 Å². The van der Waals surface area contributed by atoms with Crippen molar-refractivity contribution in [2.45, 2.75) is 32.4 Å². The Balaban J connectivity index is 1.17. The second-order valence-electron chi connectivity index (χ2n) is 10.8. The highest BCUT2D eigenvalue weighted by Gasteiger charge is 2.27. The van der Waals surface area contributed by atoms with Gasteiger partial charge in [-0.05, 0) is 98.5 Å². The van der Waals surface area contributed by atoms with Gasteiger partial charge in [0, 0.05) is 30.4 Å². The third kappa shape index (κ3) is 3.43. The van der Waals surface area contributed by atoms with Gasteiger partial charge in [-0.15, -0.1) is 0 Å². The topological polar surface area (TPSA) is 0 Å². The van der Waals surface area contributed by atoms with E-state index < -0.39 is 0 Å². The van der Waals surface area contributed by atoms with Gasteiger partial charge in [0.25, 0.3) is 0 Å². The quantitative estimate of drug-likeness (QED) is 0.212. The Morgan fingerprint density at radius 1 is 0.475 bits per heavy atom. The Bertz CT molecular complexity index is 2110. The number of rotatable bonds is 2. The molecular weight excluding hydrogens is 521 g/mol. The largest absolute Gasteiger partial charge is 0.0887 e. The van der Waals surface area contributed by atoms with E-state index >= 15 is 0 Å². The fourth-order valence-electron chi connectivity index (χ4n) is 6.54. The van der Waals surface area contributed by atoms with Crippen LogP contribution in [0.1, 0.15) is 18.4 Å². The molecule has 6 aromatic carbocycles. The first kappa shape index (κ1) is 22.8. The van der Waals surface area contributed by atoms with Gasteiger partial charge in [0.15, 0.2) is 0 Å². The summed E-state index contributed by atoms with van der Waals surface area (Å²) < 4.78 is 0. The molecule has 0 fully saturated rings. The van der Waals surface area contributed by atoms with E-state index in [9.17, 15) is 0 Å². The van der Waals surface area contributed by atoms with E-state index in [-0.39, 0.29) is 0 Å². The molecule has 0 N–H and O–H groups in total. The number of allylic oxidation sites excluding steroid dienone is 4. The minimum atomic E-state index is 1.12. The summed E-state index contributed by atoms with van der Waals surface area (Å²) in [4.78, 5) is 5.44. The molecule has 188 valence electrons. The lowest BCUT2D eigenvalue weighted by Crippen LogP contribution is -2.00. The van der Waals surface area contributed by atoms with Crippen LogP contribution in [-0.2, 0) is 0 Å². The van der Waals surface area contributed by atoms with Crippen molar-refractivity contribution in [1.82, 2.24) is 0 Å². The van der Waals surface area contributed by atoms with Crippen LogP contribution in [0.15, 0.2) is 141 Å². The molecule has 0 aromatic heterocycles. The Morgan fingerprint density at radius 3 is 1.77 bits per heavy atom. The molecule has 0 spiro atoms. The molecule has 3 aliphatic rings. The molecule has 1 aliphatic carbocycles. The first-order valence-corrected chi connectivity index (χ1v) is 15.5. The van der Waals surface area contributed by atoms with Gasteiger partial charge < -0.3 is 0 Å². The lowest BCUT2D eigenvalue weighted by Gasteiger charge is -2.27. The first-order valence-electron chi connectivity index (χ1n) is 13.9. The standard InChI is InChI=1S/C38H24S2/c1-2-6-23(7-3-1)27-12-14-29-31-16-17-32-30-15-13-28(26-11-10-24-8-4-5-9-25(24)20-26)22-36(30)40-34-19-18-33(37(31)38(32)34)39-35(29)21-27/h1-2,4-6,8-22H,3,7H2. The highest BCUT2D eigenvalue weighted by atomic mass is 32.2. The predicted octanol–water partition coefficient (Wildman–Crippen LogP) is 11.7. The smallest absolute Gasteiger partial charge is 0.0208 e. The fourth-order valence-corrected chi connectivity index (χ4v) is 8.86. The van der Waals surface area contributed by atoms with Gasteiger partial charge in [-0.2, -0.15) is 0 Å². The summed E-state index contributed by atoms with van der Waals surface area (Å²) in [6, 6.07) is 38.9. The summed E-state index contributed by atoms with van der Waals surface area (Å²) in [6.45, 7) is 0. The van der Waals surface area contributed by atoms with E-state index in [0.29, 0.717) is 0 Å². The molecule has 40 heavy (non-hydrogen) atoms. The maximum Gasteiger partial charge on any atom is 0.0208 e. The SMILES string of the molecule is C1=CCCC(c2ccc3c(c2)Sc2ccc4c5c(ccc-3c25)-c2ccc(-c3ccc5ccccc5c3)cc2S4)=C1. The van der Waals surface area contributed by atoms with Gasteiger partial charge in [0.1, 0.15) is 0 Å². The van der Waals surface area contributed by atoms with E-state index in [4.69, 9.17) is 0 Å². The molecule has 2 heteroatoms. The summed E-state index contributed by atoms with van der Waals surface area (Å²) in [5.41, 5.74) is 10.8. The molecule has 0 atom stereocenters. The monoisotopic (exact) mass is 544 g/mol. The summed E-state index contributed by atoms with van der Waals surface area (Å²) in [7, 11) is 0. The normalized spacial score (nSPS) is 14.7. The maximum atomic E-state index is 2.41. The van der Waals surface area contributed by atoms with Crippen LogP contribution < -0.4 is 0 Å².